The molecular weight excluding hydrogens is 378 g/mol. The second kappa shape index (κ2) is 9.28. The Bertz CT molecular complexity index is 817. The summed E-state index contributed by atoms with van der Waals surface area (Å²) in [4.78, 5) is 27.6. The van der Waals surface area contributed by atoms with E-state index < -0.39 is 11.9 Å². The van der Waals surface area contributed by atoms with Crippen molar-refractivity contribution in [3.8, 4) is 11.5 Å². The topological polar surface area (TPSA) is 74.2 Å². The summed E-state index contributed by atoms with van der Waals surface area (Å²) in [6.07, 6.45) is 6.93. The van der Waals surface area contributed by atoms with Gasteiger partial charge in [0.2, 0.25) is 0 Å². The van der Waals surface area contributed by atoms with Crippen molar-refractivity contribution >= 4 is 35.5 Å². The summed E-state index contributed by atoms with van der Waals surface area (Å²) in [5.41, 5.74) is 3.75. The number of allylic oxidation sites excluding steroid dienone is 1. The fraction of sp³-hybridized carbons (Fsp3) is 0.476. The monoisotopic (exact) mass is 403 g/mol. The zero-order valence-electron chi connectivity index (χ0n) is 16.4. The second-order valence-electron chi connectivity index (χ2n) is 6.89. The molecule has 0 aromatic heterocycles. The molecule has 0 N–H and O–H groups in total. The molecule has 2 heterocycles. The number of benzene rings is 1. The molecule has 3 rings (SSSR count). The molecule has 0 amide bonds. The van der Waals surface area contributed by atoms with E-state index in [1.807, 2.05) is 12.1 Å². The average Bonchev–Trinajstić information content (AvgIpc) is 3.03. The van der Waals surface area contributed by atoms with Gasteiger partial charge in [-0.15, -0.1) is 0 Å². The quantitative estimate of drug-likeness (QED) is 0.291. The smallest absolute Gasteiger partial charge is 0.308 e. The Balaban J connectivity index is 1.96. The number of ether oxygens (including phenoxy) is 2. The first kappa shape index (κ1) is 20.5. The number of rotatable bonds is 7. The Morgan fingerprint density at radius 1 is 1.18 bits per heavy atom. The van der Waals surface area contributed by atoms with E-state index in [1.165, 1.54) is 37.8 Å². The maximum absolute atomic E-state index is 11.5. The molecule has 2 atom stereocenters. The standard InChI is InChI=1S/C21H25NO5S/c1-13(23)26-19-8-6-15(11-20(19)27-14(2)24)18-12-16-7-9-21(28-16)17(18)5-4-10-22-25-3/h6,8,10-11,16,21H,4-5,7,9,12H2,1-3H3. The van der Waals surface area contributed by atoms with E-state index in [0.717, 1.165) is 24.8 Å². The summed E-state index contributed by atoms with van der Waals surface area (Å²) >= 11 is 2.06. The summed E-state index contributed by atoms with van der Waals surface area (Å²) < 4.78 is 10.5. The van der Waals surface area contributed by atoms with Gasteiger partial charge in [-0.3, -0.25) is 9.59 Å². The second-order valence-corrected chi connectivity index (χ2v) is 8.40. The van der Waals surface area contributed by atoms with Crippen molar-refractivity contribution in [2.24, 2.45) is 5.16 Å². The molecule has 2 aliphatic heterocycles. The number of nitrogens with zero attached hydrogens (tertiary/aromatic N) is 1. The van der Waals surface area contributed by atoms with Crippen molar-refractivity contribution in [3.05, 3.63) is 29.3 Å². The van der Waals surface area contributed by atoms with Crippen molar-refractivity contribution in [2.75, 3.05) is 7.11 Å². The lowest BCUT2D eigenvalue weighted by atomic mass is 9.92. The lowest BCUT2D eigenvalue weighted by Crippen LogP contribution is -2.13. The minimum Gasteiger partial charge on any atom is -0.423 e. The Morgan fingerprint density at radius 2 is 1.93 bits per heavy atom. The van der Waals surface area contributed by atoms with Crippen molar-refractivity contribution in [2.45, 2.75) is 56.5 Å². The van der Waals surface area contributed by atoms with Crippen LogP contribution in [0.25, 0.3) is 5.57 Å². The number of oxime groups is 1. The van der Waals surface area contributed by atoms with Crippen LogP contribution < -0.4 is 9.47 Å². The Labute approximate surface area is 169 Å². The molecule has 1 aromatic rings. The third-order valence-electron chi connectivity index (χ3n) is 4.84. The first-order valence-electron chi connectivity index (χ1n) is 9.41. The largest absolute Gasteiger partial charge is 0.423 e. The third-order valence-corrected chi connectivity index (χ3v) is 6.47. The maximum atomic E-state index is 11.5. The SMILES string of the molecule is CON=CCCC1=C(c2ccc(OC(C)=O)c(OC(C)=O)c2)CC2CCC1S2. The first-order chi connectivity index (χ1) is 13.5. The van der Waals surface area contributed by atoms with Crippen LogP contribution in [0.4, 0.5) is 0 Å². The third kappa shape index (κ3) is 4.95. The van der Waals surface area contributed by atoms with Crippen LogP contribution in [0.2, 0.25) is 0 Å². The van der Waals surface area contributed by atoms with Crippen LogP contribution in [0.3, 0.4) is 0 Å². The van der Waals surface area contributed by atoms with E-state index in [0.29, 0.717) is 10.5 Å². The molecular formula is C21H25NO5S. The molecule has 7 heteroatoms. The summed E-state index contributed by atoms with van der Waals surface area (Å²) in [5, 5.41) is 4.99. The number of carbonyl (C=O) groups is 2. The molecule has 28 heavy (non-hydrogen) atoms. The van der Waals surface area contributed by atoms with Crippen LogP contribution in [-0.2, 0) is 14.4 Å². The zero-order valence-corrected chi connectivity index (χ0v) is 17.2. The highest BCUT2D eigenvalue weighted by Gasteiger charge is 2.35. The van der Waals surface area contributed by atoms with Gasteiger partial charge in [-0.1, -0.05) is 16.8 Å². The molecule has 1 aromatic carbocycles. The predicted octanol–water partition coefficient (Wildman–Crippen LogP) is 4.37. The van der Waals surface area contributed by atoms with Gasteiger partial charge >= 0.3 is 11.9 Å². The number of thioether (sulfide) groups is 1. The van der Waals surface area contributed by atoms with Gasteiger partial charge in [0.25, 0.3) is 0 Å². The molecule has 0 spiro atoms. The van der Waals surface area contributed by atoms with Crippen LogP contribution >= 0.6 is 11.8 Å². The van der Waals surface area contributed by atoms with Crippen molar-refractivity contribution in [3.63, 3.8) is 0 Å². The van der Waals surface area contributed by atoms with Gasteiger partial charge in [0, 0.05) is 30.6 Å². The number of esters is 2. The number of carbonyl (C=O) groups excluding carboxylic acids is 2. The predicted molar refractivity (Wildman–Crippen MR) is 110 cm³/mol. The molecule has 1 saturated heterocycles. The van der Waals surface area contributed by atoms with E-state index in [1.54, 1.807) is 19.4 Å². The van der Waals surface area contributed by atoms with E-state index in [9.17, 15) is 9.59 Å². The van der Waals surface area contributed by atoms with Crippen LogP contribution in [0, 0.1) is 0 Å². The van der Waals surface area contributed by atoms with Crippen molar-refractivity contribution < 1.29 is 23.9 Å². The highest BCUT2D eigenvalue weighted by Crippen LogP contribution is 2.50. The van der Waals surface area contributed by atoms with Crippen LogP contribution in [0.1, 0.15) is 51.5 Å². The molecule has 150 valence electrons. The molecule has 0 saturated carbocycles. The number of hydrogen-bond donors (Lipinski definition) is 0. The van der Waals surface area contributed by atoms with Crippen LogP contribution in [0.5, 0.6) is 11.5 Å². The van der Waals surface area contributed by atoms with Gasteiger partial charge < -0.3 is 14.3 Å². The Hall–Kier alpha value is -2.28. The summed E-state index contributed by atoms with van der Waals surface area (Å²) in [5.74, 6) is -0.368. The molecule has 6 nitrogen and oxygen atoms in total. The highest BCUT2D eigenvalue weighted by atomic mass is 32.2. The van der Waals surface area contributed by atoms with Crippen LogP contribution in [0.15, 0.2) is 28.9 Å². The van der Waals surface area contributed by atoms with Gasteiger partial charge in [-0.25, -0.2) is 0 Å². The van der Waals surface area contributed by atoms with E-state index in [-0.39, 0.29) is 11.5 Å². The molecule has 1 fully saturated rings. The Kier molecular flexibility index (Phi) is 6.78. The van der Waals surface area contributed by atoms with Gasteiger partial charge in [0.15, 0.2) is 11.5 Å². The van der Waals surface area contributed by atoms with E-state index in [2.05, 4.69) is 16.9 Å². The fourth-order valence-electron chi connectivity index (χ4n) is 3.80. The lowest BCUT2D eigenvalue weighted by Gasteiger charge is -2.27. The van der Waals surface area contributed by atoms with E-state index >= 15 is 0 Å². The van der Waals surface area contributed by atoms with Crippen LogP contribution in [-0.4, -0.2) is 35.8 Å². The van der Waals surface area contributed by atoms with Crippen molar-refractivity contribution in [1.82, 2.24) is 0 Å². The van der Waals surface area contributed by atoms with Gasteiger partial charge in [0.05, 0.1) is 0 Å². The molecule has 2 aliphatic rings. The number of fused-ring (bicyclic) bond motifs is 2. The normalized spacial score (nSPS) is 21.1. The summed E-state index contributed by atoms with van der Waals surface area (Å²) in [6, 6.07) is 5.46. The molecule has 0 radical (unpaired) electrons. The van der Waals surface area contributed by atoms with Gasteiger partial charge in [-0.05, 0) is 55.4 Å². The first-order valence-corrected chi connectivity index (χ1v) is 10.4. The summed E-state index contributed by atoms with van der Waals surface area (Å²) in [6.45, 7) is 2.66. The van der Waals surface area contributed by atoms with E-state index in [4.69, 9.17) is 14.3 Å². The fourth-order valence-corrected chi connectivity index (χ4v) is 5.49. The van der Waals surface area contributed by atoms with Gasteiger partial charge in [-0.2, -0.15) is 11.8 Å². The summed E-state index contributed by atoms with van der Waals surface area (Å²) in [7, 11) is 1.54. The lowest BCUT2D eigenvalue weighted by molar-refractivity contribution is -0.134. The van der Waals surface area contributed by atoms with Gasteiger partial charge in [0.1, 0.15) is 7.11 Å². The molecule has 0 aliphatic carbocycles. The number of hydrogen-bond acceptors (Lipinski definition) is 7. The van der Waals surface area contributed by atoms with Crippen molar-refractivity contribution in [1.29, 1.82) is 0 Å². The molecule has 2 unspecified atom stereocenters. The molecule has 2 bridgehead atoms. The minimum atomic E-state index is -0.453. The zero-order chi connectivity index (χ0) is 20.1. The maximum Gasteiger partial charge on any atom is 0.308 e. The average molecular weight is 404 g/mol. The Morgan fingerprint density at radius 3 is 2.64 bits per heavy atom. The highest BCUT2D eigenvalue weighted by molar-refractivity contribution is 8.01. The minimum absolute atomic E-state index is 0.258.